The molecule has 0 aromatic heterocycles. The lowest BCUT2D eigenvalue weighted by atomic mass is 9.55. The second kappa shape index (κ2) is 7.84. The molecule has 0 bridgehead atoms. The third kappa shape index (κ3) is 3.65. The fourth-order valence-electron chi connectivity index (χ4n) is 6.55. The molecule has 4 heteroatoms. The Bertz CT molecular complexity index is 876. The summed E-state index contributed by atoms with van der Waals surface area (Å²) in [5.74, 6) is 0.958. The normalized spacial score (nSPS) is 36.7. The van der Waals surface area contributed by atoms with Crippen LogP contribution >= 0.6 is 11.6 Å². The van der Waals surface area contributed by atoms with Crippen LogP contribution in [0.3, 0.4) is 0 Å². The van der Waals surface area contributed by atoms with Gasteiger partial charge in [0, 0.05) is 30.6 Å². The summed E-state index contributed by atoms with van der Waals surface area (Å²) in [6.07, 6.45) is 9.16. The van der Waals surface area contributed by atoms with E-state index in [4.69, 9.17) is 16.3 Å². The average Bonchev–Trinajstić information content (AvgIpc) is 3.01. The van der Waals surface area contributed by atoms with Gasteiger partial charge in [-0.05, 0) is 73.1 Å². The van der Waals surface area contributed by atoms with Crippen molar-refractivity contribution in [2.45, 2.75) is 51.6 Å². The van der Waals surface area contributed by atoms with E-state index in [9.17, 15) is 4.79 Å². The highest BCUT2D eigenvalue weighted by Crippen LogP contribution is 2.57. The standard InChI is InChI=1S/C26H32ClNO2/c1-17-4-3-11-26(2)15-24-21(14-23(17)26)22(25(29)30-24)16-28-12-9-19(10-13-28)18-5-7-20(27)8-6-18/h5-9,21-24H,1,3-4,10-16H2,2H3/t21-,22-,23-,24+,26+/m0/s1. The van der Waals surface area contributed by atoms with Crippen LogP contribution in [-0.2, 0) is 9.53 Å². The monoisotopic (exact) mass is 425 g/mol. The second-order valence-corrected chi connectivity index (χ2v) is 10.6. The predicted octanol–water partition coefficient (Wildman–Crippen LogP) is 5.74. The molecule has 2 aliphatic heterocycles. The Morgan fingerprint density at radius 1 is 1.27 bits per heavy atom. The molecule has 0 amide bonds. The fraction of sp³-hybridized carbons (Fsp3) is 0.577. The fourth-order valence-corrected chi connectivity index (χ4v) is 6.67. The first kappa shape index (κ1) is 20.3. The highest BCUT2D eigenvalue weighted by atomic mass is 35.5. The van der Waals surface area contributed by atoms with Crippen LogP contribution in [0.2, 0.25) is 5.02 Å². The molecule has 0 N–H and O–H groups in total. The van der Waals surface area contributed by atoms with Gasteiger partial charge in [0.25, 0.3) is 0 Å². The minimum absolute atomic E-state index is 0.0137. The highest BCUT2D eigenvalue weighted by Gasteiger charge is 2.55. The number of ether oxygens (including phenoxy) is 1. The first-order valence-corrected chi connectivity index (χ1v) is 11.9. The minimum atomic E-state index is 0.0137. The Hall–Kier alpha value is -1.58. The molecule has 5 atom stereocenters. The molecular weight excluding hydrogens is 394 g/mol. The molecule has 0 radical (unpaired) electrons. The van der Waals surface area contributed by atoms with Crippen LogP contribution in [0.25, 0.3) is 5.57 Å². The van der Waals surface area contributed by atoms with Crippen molar-refractivity contribution in [3.05, 3.63) is 53.1 Å². The van der Waals surface area contributed by atoms with Crippen molar-refractivity contribution in [1.82, 2.24) is 4.90 Å². The van der Waals surface area contributed by atoms with E-state index < -0.39 is 0 Å². The number of hydrogen-bond donors (Lipinski definition) is 0. The molecule has 4 aliphatic rings. The summed E-state index contributed by atoms with van der Waals surface area (Å²) in [4.78, 5) is 15.3. The summed E-state index contributed by atoms with van der Waals surface area (Å²) in [5.41, 5.74) is 4.31. The van der Waals surface area contributed by atoms with Crippen LogP contribution in [0.1, 0.15) is 51.0 Å². The molecule has 3 nitrogen and oxygen atoms in total. The maximum Gasteiger partial charge on any atom is 0.310 e. The lowest BCUT2D eigenvalue weighted by molar-refractivity contribution is -0.146. The van der Waals surface area contributed by atoms with Gasteiger partial charge in [0.05, 0.1) is 5.92 Å². The van der Waals surface area contributed by atoms with Gasteiger partial charge < -0.3 is 4.74 Å². The van der Waals surface area contributed by atoms with E-state index in [0.29, 0.717) is 11.8 Å². The van der Waals surface area contributed by atoms with Crippen molar-refractivity contribution in [3.8, 4) is 0 Å². The Kier molecular flexibility index (Phi) is 5.31. The smallest absolute Gasteiger partial charge is 0.310 e. The van der Waals surface area contributed by atoms with Crippen LogP contribution < -0.4 is 0 Å². The van der Waals surface area contributed by atoms with E-state index in [2.05, 4.69) is 36.6 Å². The van der Waals surface area contributed by atoms with Gasteiger partial charge in [-0.1, -0.05) is 48.9 Å². The Morgan fingerprint density at radius 3 is 2.80 bits per heavy atom. The number of hydrogen-bond acceptors (Lipinski definition) is 3. The van der Waals surface area contributed by atoms with Crippen LogP contribution in [0.5, 0.6) is 0 Å². The molecule has 0 spiro atoms. The molecule has 5 rings (SSSR count). The van der Waals surface area contributed by atoms with E-state index in [1.807, 2.05) is 12.1 Å². The van der Waals surface area contributed by atoms with Gasteiger partial charge in [-0.2, -0.15) is 0 Å². The third-order valence-electron chi connectivity index (χ3n) is 8.28. The van der Waals surface area contributed by atoms with Gasteiger partial charge in [0.2, 0.25) is 0 Å². The zero-order valence-corrected chi connectivity index (χ0v) is 18.7. The Labute approximate surface area is 185 Å². The number of halogens is 1. The van der Waals surface area contributed by atoms with Crippen LogP contribution in [0, 0.1) is 23.2 Å². The summed E-state index contributed by atoms with van der Waals surface area (Å²) < 4.78 is 5.95. The molecule has 2 heterocycles. The summed E-state index contributed by atoms with van der Waals surface area (Å²) in [5, 5.41) is 0.773. The second-order valence-electron chi connectivity index (χ2n) is 10.1. The van der Waals surface area contributed by atoms with E-state index in [1.165, 1.54) is 29.6 Å². The van der Waals surface area contributed by atoms with E-state index >= 15 is 0 Å². The summed E-state index contributed by atoms with van der Waals surface area (Å²) in [7, 11) is 0. The van der Waals surface area contributed by atoms with Crippen molar-refractivity contribution in [3.63, 3.8) is 0 Å². The Morgan fingerprint density at radius 2 is 2.07 bits per heavy atom. The topological polar surface area (TPSA) is 29.5 Å². The SMILES string of the molecule is C=C1CCC[C@]2(C)C[C@H]3OC(=O)[C@@H](CN4CC=C(c5ccc(Cl)cc5)CC4)[C@@H]3C[C@@H]12. The van der Waals surface area contributed by atoms with Crippen molar-refractivity contribution in [2.75, 3.05) is 19.6 Å². The van der Waals surface area contributed by atoms with Crippen LogP contribution in [0.4, 0.5) is 0 Å². The number of carbonyl (C=O) groups is 1. The molecule has 2 saturated carbocycles. The highest BCUT2D eigenvalue weighted by molar-refractivity contribution is 6.30. The van der Waals surface area contributed by atoms with Crippen LogP contribution in [0.15, 0.2) is 42.5 Å². The number of esters is 1. The quantitative estimate of drug-likeness (QED) is 0.456. The maximum atomic E-state index is 12.8. The number of rotatable bonds is 3. The molecule has 1 aromatic rings. The van der Waals surface area contributed by atoms with Crippen LogP contribution in [-0.4, -0.2) is 36.6 Å². The van der Waals surface area contributed by atoms with Crippen molar-refractivity contribution >= 4 is 23.1 Å². The van der Waals surface area contributed by atoms with E-state index in [1.54, 1.807) is 0 Å². The summed E-state index contributed by atoms with van der Waals surface area (Å²) in [6, 6.07) is 8.10. The van der Waals surface area contributed by atoms with E-state index in [-0.39, 0.29) is 23.4 Å². The van der Waals surface area contributed by atoms with Crippen molar-refractivity contribution in [2.24, 2.45) is 23.2 Å². The summed E-state index contributed by atoms with van der Waals surface area (Å²) in [6.45, 7) is 9.51. The van der Waals surface area contributed by atoms with Gasteiger partial charge >= 0.3 is 5.97 Å². The average molecular weight is 426 g/mol. The first-order chi connectivity index (χ1) is 14.4. The predicted molar refractivity (Wildman–Crippen MR) is 121 cm³/mol. The third-order valence-corrected chi connectivity index (χ3v) is 8.53. The number of fused-ring (bicyclic) bond motifs is 2. The van der Waals surface area contributed by atoms with Crippen molar-refractivity contribution < 1.29 is 9.53 Å². The largest absolute Gasteiger partial charge is 0.462 e. The number of allylic oxidation sites excluding steroid dienone is 1. The molecular formula is C26H32ClNO2. The molecule has 3 fully saturated rings. The first-order valence-electron chi connectivity index (χ1n) is 11.5. The van der Waals surface area contributed by atoms with Gasteiger partial charge in [-0.15, -0.1) is 0 Å². The number of carbonyl (C=O) groups excluding carboxylic acids is 1. The van der Waals surface area contributed by atoms with E-state index in [0.717, 1.165) is 50.3 Å². The zero-order chi connectivity index (χ0) is 20.9. The van der Waals surface area contributed by atoms with Gasteiger partial charge in [-0.25, -0.2) is 0 Å². The summed E-state index contributed by atoms with van der Waals surface area (Å²) >= 11 is 6.02. The maximum absolute atomic E-state index is 12.8. The molecule has 0 unspecified atom stereocenters. The molecule has 2 aliphatic carbocycles. The van der Waals surface area contributed by atoms with Gasteiger partial charge in [-0.3, -0.25) is 9.69 Å². The molecule has 1 aromatic carbocycles. The lowest BCUT2D eigenvalue weighted by Crippen LogP contribution is -2.46. The van der Waals surface area contributed by atoms with Crippen molar-refractivity contribution in [1.29, 1.82) is 0 Å². The molecule has 1 saturated heterocycles. The minimum Gasteiger partial charge on any atom is -0.462 e. The zero-order valence-electron chi connectivity index (χ0n) is 17.9. The molecule has 160 valence electrons. The van der Waals surface area contributed by atoms with Gasteiger partial charge in [0.1, 0.15) is 6.10 Å². The number of benzene rings is 1. The lowest BCUT2D eigenvalue weighted by Gasteiger charge is -2.50. The molecule has 30 heavy (non-hydrogen) atoms. The Balaban J connectivity index is 1.26. The number of nitrogens with zero attached hydrogens (tertiary/aromatic N) is 1. The van der Waals surface area contributed by atoms with Gasteiger partial charge in [0.15, 0.2) is 0 Å².